The number of rotatable bonds is 4. The standard InChI is InChI=1S/C12H18N2O4S/c1-10(15)11-2-4-12(5-3-11)19(16,17)13-14-6-8-18-9-7-14/h2-5,10,13,15H,6-9H2,1H3. The Morgan fingerprint density at radius 3 is 2.37 bits per heavy atom. The minimum atomic E-state index is -3.56. The Balaban J connectivity index is 2.10. The number of ether oxygens (including phenoxy) is 1. The van der Waals surface area contributed by atoms with E-state index in [0.29, 0.717) is 31.9 Å². The topological polar surface area (TPSA) is 78.9 Å². The first-order chi connectivity index (χ1) is 8.99. The average molecular weight is 286 g/mol. The van der Waals surface area contributed by atoms with Gasteiger partial charge < -0.3 is 9.84 Å². The van der Waals surface area contributed by atoms with Crippen molar-refractivity contribution in [2.75, 3.05) is 26.3 Å². The van der Waals surface area contributed by atoms with Crippen LogP contribution in [0.25, 0.3) is 0 Å². The molecular formula is C12H18N2O4S. The summed E-state index contributed by atoms with van der Waals surface area (Å²) >= 11 is 0. The molecule has 2 rings (SSSR count). The highest BCUT2D eigenvalue weighted by Crippen LogP contribution is 2.16. The number of aliphatic hydroxyl groups is 1. The maximum atomic E-state index is 12.1. The summed E-state index contributed by atoms with van der Waals surface area (Å²) in [6.45, 7) is 3.73. The maximum Gasteiger partial charge on any atom is 0.253 e. The molecule has 0 spiro atoms. The number of hydrogen-bond acceptors (Lipinski definition) is 5. The van der Waals surface area contributed by atoms with Crippen LogP contribution in [0.3, 0.4) is 0 Å². The lowest BCUT2D eigenvalue weighted by Gasteiger charge is -2.26. The number of nitrogens with zero attached hydrogens (tertiary/aromatic N) is 1. The monoisotopic (exact) mass is 286 g/mol. The molecule has 1 aromatic carbocycles. The molecule has 106 valence electrons. The van der Waals surface area contributed by atoms with Crippen molar-refractivity contribution in [2.24, 2.45) is 0 Å². The first-order valence-electron chi connectivity index (χ1n) is 6.12. The van der Waals surface area contributed by atoms with E-state index in [2.05, 4.69) is 4.83 Å². The fraction of sp³-hybridized carbons (Fsp3) is 0.500. The lowest BCUT2D eigenvalue weighted by Crippen LogP contribution is -2.48. The molecule has 0 radical (unpaired) electrons. The summed E-state index contributed by atoms with van der Waals surface area (Å²) in [5, 5.41) is 11.0. The van der Waals surface area contributed by atoms with Gasteiger partial charge in [-0.15, -0.1) is 4.83 Å². The van der Waals surface area contributed by atoms with Crippen LogP contribution < -0.4 is 4.83 Å². The summed E-state index contributed by atoms with van der Waals surface area (Å²) in [4.78, 5) is 2.71. The molecule has 19 heavy (non-hydrogen) atoms. The Morgan fingerprint density at radius 1 is 1.26 bits per heavy atom. The maximum absolute atomic E-state index is 12.1. The van der Waals surface area contributed by atoms with Crippen LogP contribution in [-0.2, 0) is 14.8 Å². The van der Waals surface area contributed by atoms with Gasteiger partial charge in [0.25, 0.3) is 10.0 Å². The van der Waals surface area contributed by atoms with Crippen molar-refractivity contribution >= 4 is 10.0 Å². The van der Waals surface area contributed by atoms with E-state index in [0.717, 1.165) is 0 Å². The van der Waals surface area contributed by atoms with Crippen LogP contribution in [0.5, 0.6) is 0 Å². The van der Waals surface area contributed by atoms with Gasteiger partial charge in [-0.3, -0.25) is 0 Å². The minimum Gasteiger partial charge on any atom is -0.389 e. The second kappa shape index (κ2) is 5.98. The Labute approximate surface area is 113 Å². The quantitative estimate of drug-likeness (QED) is 0.830. The second-order valence-corrected chi connectivity index (χ2v) is 6.10. The predicted molar refractivity (Wildman–Crippen MR) is 69.8 cm³/mol. The predicted octanol–water partition coefficient (Wildman–Crippen LogP) is 0.265. The van der Waals surface area contributed by atoms with Gasteiger partial charge in [-0.25, -0.2) is 13.4 Å². The molecule has 2 N–H and O–H groups in total. The molecule has 1 unspecified atom stereocenters. The molecule has 1 aliphatic rings. The molecule has 6 nitrogen and oxygen atoms in total. The van der Waals surface area contributed by atoms with Crippen LogP contribution in [0.4, 0.5) is 0 Å². The zero-order valence-corrected chi connectivity index (χ0v) is 11.6. The highest BCUT2D eigenvalue weighted by molar-refractivity contribution is 7.89. The van der Waals surface area contributed by atoms with Crippen LogP contribution in [0, 0.1) is 0 Å². The molecule has 0 aliphatic carbocycles. The van der Waals surface area contributed by atoms with Gasteiger partial charge in [0, 0.05) is 13.1 Å². The van der Waals surface area contributed by atoms with Gasteiger partial charge in [-0.2, -0.15) is 0 Å². The molecule has 1 heterocycles. The summed E-state index contributed by atoms with van der Waals surface area (Å²) in [6, 6.07) is 6.20. The minimum absolute atomic E-state index is 0.184. The zero-order chi connectivity index (χ0) is 13.9. The smallest absolute Gasteiger partial charge is 0.253 e. The number of sulfonamides is 1. The van der Waals surface area contributed by atoms with Gasteiger partial charge >= 0.3 is 0 Å². The first-order valence-corrected chi connectivity index (χ1v) is 7.60. The fourth-order valence-electron chi connectivity index (χ4n) is 1.80. The molecule has 1 aromatic rings. The summed E-state index contributed by atoms with van der Waals surface area (Å²) in [7, 11) is -3.56. The third-order valence-corrected chi connectivity index (χ3v) is 4.32. The molecule has 1 atom stereocenters. The molecule has 0 amide bonds. The molecular weight excluding hydrogens is 268 g/mol. The SMILES string of the molecule is CC(O)c1ccc(S(=O)(=O)NN2CCOCC2)cc1. The van der Waals surface area contributed by atoms with Crippen molar-refractivity contribution in [1.29, 1.82) is 0 Å². The zero-order valence-electron chi connectivity index (χ0n) is 10.7. The summed E-state index contributed by atoms with van der Waals surface area (Å²) in [6.07, 6.45) is -0.607. The van der Waals surface area contributed by atoms with Gasteiger partial charge in [-0.05, 0) is 24.6 Å². The molecule has 1 fully saturated rings. The van der Waals surface area contributed by atoms with E-state index in [-0.39, 0.29) is 4.90 Å². The van der Waals surface area contributed by atoms with Crippen molar-refractivity contribution in [1.82, 2.24) is 9.84 Å². The molecule has 0 bridgehead atoms. The van der Waals surface area contributed by atoms with Crippen LogP contribution in [-0.4, -0.2) is 44.8 Å². The Hall–Kier alpha value is -0.990. The highest BCUT2D eigenvalue weighted by Gasteiger charge is 2.20. The van der Waals surface area contributed by atoms with Crippen molar-refractivity contribution in [3.05, 3.63) is 29.8 Å². The van der Waals surface area contributed by atoms with Gasteiger partial charge in [0.05, 0.1) is 24.2 Å². The third-order valence-electron chi connectivity index (χ3n) is 2.93. The van der Waals surface area contributed by atoms with E-state index >= 15 is 0 Å². The van der Waals surface area contributed by atoms with Gasteiger partial charge in [0.2, 0.25) is 0 Å². The normalized spacial score (nSPS) is 19.3. The third kappa shape index (κ3) is 3.74. The van der Waals surface area contributed by atoms with E-state index in [4.69, 9.17) is 4.74 Å². The van der Waals surface area contributed by atoms with Gasteiger partial charge in [0.15, 0.2) is 0 Å². The van der Waals surface area contributed by atoms with Gasteiger partial charge in [0.1, 0.15) is 0 Å². The van der Waals surface area contributed by atoms with Crippen molar-refractivity contribution in [3.63, 3.8) is 0 Å². The molecule has 1 aliphatic heterocycles. The Kier molecular flexibility index (Phi) is 4.54. The lowest BCUT2D eigenvalue weighted by atomic mass is 10.1. The van der Waals surface area contributed by atoms with E-state index in [9.17, 15) is 13.5 Å². The molecule has 1 saturated heterocycles. The van der Waals surface area contributed by atoms with Crippen molar-refractivity contribution in [3.8, 4) is 0 Å². The number of morpholine rings is 1. The Bertz CT molecular complexity index is 507. The molecule has 0 aromatic heterocycles. The van der Waals surface area contributed by atoms with Crippen LogP contribution in [0.2, 0.25) is 0 Å². The summed E-state index contributed by atoms with van der Waals surface area (Å²) in [5.74, 6) is 0. The summed E-state index contributed by atoms with van der Waals surface area (Å²) in [5.41, 5.74) is 0.685. The average Bonchev–Trinajstić information content (AvgIpc) is 2.39. The van der Waals surface area contributed by atoms with E-state index in [1.54, 1.807) is 24.1 Å². The second-order valence-electron chi connectivity index (χ2n) is 4.44. The lowest BCUT2D eigenvalue weighted by molar-refractivity contribution is 0.0272. The summed E-state index contributed by atoms with van der Waals surface area (Å²) < 4.78 is 29.4. The van der Waals surface area contributed by atoms with Crippen LogP contribution >= 0.6 is 0 Å². The number of nitrogens with one attached hydrogen (secondary N) is 1. The number of benzene rings is 1. The molecule has 7 heteroatoms. The van der Waals surface area contributed by atoms with E-state index < -0.39 is 16.1 Å². The fourth-order valence-corrected chi connectivity index (χ4v) is 2.93. The number of hydrogen-bond donors (Lipinski definition) is 2. The van der Waals surface area contributed by atoms with Crippen molar-refractivity contribution < 1.29 is 18.3 Å². The van der Waals surface area contributed by atoms with Gasteiger partial charge in [-0.1, -0.05) is 12.1 Å². The highest BCUT2D eigenvalue weighted by atomic mass is 32.2. The van der Waals surface area contributed by atoms with Crippen LogP contribution in [0.1, 0.15) is 18.6 Å². The van der Waals surface area contributed by atoms with E-state index in [1.165, 1.54) is 12.1 Å². The largest absolute Gasteiger partial charge is 0.389 e. The van der Waals surface area contributed by atoms with E-state index in [1.807, 2.05) is 0 Å². The first kappa shape index (κ1) is 14.4. The Morgan fingerprint density at radius 2 is 1.84 bits per heavy atom. The van der Waals surface area contributed by atoms with Crippen LogP contribution in [0.15, 0.2) is 29.2 Å². The number of aliphatic hydroxyl groups excluding tert-OH is 1. The number of hydrazine groups is 1. The molecule has 0 saturated carbocycles. The van der Waals surface area contributed by atoms with Crippen molar-refractivity contribution in [2.45, 2.75) is 17.9 Å².